The number of nitrogens with zero attached hydrogens (tertiary/aromatic N) is 1. The highest BCUT2D eigenvalue weighted by molar-refractivity contribution is 5.63. The lowest BCUT2D eigenvalue weighted by molar-refractivity contribution is 0.539. The lowest BCUT2D eigenvalue weighted by Gasteiger charge is -1.98. The molecular formula is C16H15NO2. The van der Waals surface area contributed by atoms with Crippen molar-refractivity contribution in [3.05, 3.63) is 54.1 Å². The molecule has 3 heteroatoms. The number of furan rings is 1. The van der Waals surface area contributed by atoms with Gasteiger partial charge in [0.2, 0.25) is 5.89 Å². The summed E-state index contributed by atoms with van der Waals surface area (Å²) in [4.78, 5) is 4.50. The summed E-state index contributed by atoms with van der Waals surface area (Å²) in [5.41, 5.74) is 3.05. The maximum Gasteiger partial charge on any atom is 0.226 e. The predicted molar refractivity (Wildman–Crippen MR) is 73.8 cm³/mol. The Morgan fingerprint density at radius 1 is 1.05 bits per heavy atom. The Morgan fingerprint density at radius 3 is 2.37 bits per heavy atom. The highest BCUT2D eigenvalue weighted by Gasteiger charge is 2.10. The van der Waals surface area contributed by atoms with Crippen LogP contribution in [0.1, 0.15) is 18.4 Å². The molecule has 2 aromatic heterocycles. The molecule has 19 heavy (non-hydrogen) atoms. The Morgan fingerprint density at radius 2 is 1.79 bits per heavy atom. The molecule has 0 N–H and O–H groups in total. The molecule has 0 aliphatic heterocycles. The largest absolute Gasteiger partial charge is 0.464 e. The summed E-state index contributed by atoms with van der Waals surface area (Å²) < 4.78 is 11.1. The van der Waals surface area contributed by atoms with Crippen LogP contribution < -0.4 is 0 Å². The fraction of sp³-hybridized carbons (Fsp3) is 0.188. The number of rotatable bonds is 3. The van der Waals surface area contributed by atoms with Gasteiger partial charge in [-0.05, 0) is 37.6 Å². The Kier molecular flexibility index (Phi) is 2.95. The molecule has 0 aliphatic rings. The summed E-state index contributed by atoms with van der Waals surface area (Å²) >= 11 is 0. The quantitative estimate of drug-likeness (QED) is 0.691. The van der Waals surface area contributed by atoms with Crippen molar-refractivity contribution in [3.8, 4) is 22.8 Å². The minimum Gasteiger partial charge on any atom is -0.464 e. The molecule has 3 rings (SSSR count). The molecule has 0 saturated carbocycles. The number of aryl methyl sites for hydroxylation is 2. The Balaban J connectivity index is 1.93. The second-order valence-corrected chi connectivity index (χ2v) is 4.43. The summed E-state index contributed by atoms with van der Waals surface area (Å²) in [6.45, 7) is 4.03. The zero-order valence-electron chi connectivity index (χ0n) is 11.0. The first-order valence-electron chi connectivity index (χ1n) is 6.38. The highest BCUT2D eigenvalue weighted by atomic mass is 16.4. The average molecular weight is 253 g/mol. The third-order valence-electron chi connectivity index (χ3n) is 3.17. The summed E-state index contributed by atoms with van der Waals surface area (Å²) in [6.07, 6.45) is 2.56. The van der Waals surface area contributed by atoms with Crippen molar-refractivity contribution in [2.24, 2.45) is 0 Å². The molecule has 0 aliphatic carbocycles. The minimum atomic E-state index is 0.681. The number of oxazole rings is 1. The van der Waals surface area contributed by atoms with Gasteiger partial charge in [0.1, 0.15) is 11.5 Å². The van der Waals surface area contributed by atoms with Gasteiger partial charge in [-0.15, -0.1) is 0 Å². The summed E-state index contributed by atoms with van der Waals surface area (Å²) in [7, 11) is 0. The molecule has 0 bridgehead atoms. The molecule has 0 saturated heterocycles. The van der Waals surface area contributed by atoms with Gasteiger partial charge in [-0.1, -0.05) is 19.1 Å². The second kappa shape index (κ2) is 4.76. The first-order valence-corrected chi connectivity index (χ1v) is 6.38. The van der Waals surface area contributed by atoms with Gasteiger partial charge in [-0.3, -0.25) is 0 Å². The Bertz CT molecular complexity index is 663. The molecule has 3 aromatic rings. The molecule has 0 fully saturated rings. The fourth-order valence-electron chi connectivity index (χ4n) is 2.10. The third kappa shape index (κ3) is 2.19. The van der Waals surface area contributed by atoms with Crippen molar-refractivity contribution in [1.82, 2.24) is 4.98 Å². The molecule has 0 amide bonds. The average Bonchev–Trinajstić information content (AvgIpc) is 3.08. The zero-order chi connectivity index (χ0) is 13.2. The van der Waals surface area contributed by atoms with Crippen molar-refractivity contribution in [1.29, 1.82) is 0 Å². The van der Waals surface area contributed by atoms with Crippen LogP contribution in [0.4, 0.5) is 0 Å². The van der Waals surface area contributed by atoms with Crippen LogP contribution in [0.15, 0.2) is 51.5 Å². The van der Waals surface area contributed by atoms with E-state index in [0.29, 0.717) is 5.89 Å². The lowest BCUT2D eigenvalue weighted by atomic mass is 10.1. The van der Waals surface area contributed by atoms with Gasteiger partial charge in [-0.2, -0.15) is 0 Å². The van der Waals surface area contributed by atoms with Gasteiger partial charge in [-0.25, -0.2) is 4.98 Å². The second-order valence-electron chi connectivity index (χ2n) is 4.43. The number of hydrogen-bond acceptors (Lipinski definition) is 3. The summed E-state index contributed by atoms with van der Waals surface area (Å²) in [5, 5.41) is 0. The van der Waals surface area contributed by atoms with Gasteiger partial charge in [0, 0.05) is 11.1 Å². The SMILES string of the molecule is CCc1nc(-c2ccc(-c3ccco3)cc2)oc1C. The number of aromatic nitrogens is 1. The van der Waals surface area contributed by atoms with Crippen molar-refractivity contribution in [3.63, 3.8) is 0 Å². The van der Waals surface area contributed by atoms with Gasteiger partial charge in [0.05, 0.1) is 12.0 Å². The monoisotopic (exact) mass is 253 g/mol. The van der Waals surface area contributed by atoms with E-state index in [4.69, 9.17) is 8.83 Å². The van der Waals surface area contributed by atoms with Crippen LogP contribution in [0.3, 0.4) is 0 Å². The minimum absolute atomic E-state index is 0.681. The van der Waals surface area contributed by atoms with Crippen LogP contribution in [-0.2, 0) is 6.42 Å². The molecule has 0 atom stereocenters. The van der Waals surface area contributed by atoms with E-state index in [1.54, 1.807) is 6.26 Å². The third-order valence-corrected chi connectivity index (χ3v) is 3.17. The Hall–Kier alpha value is -2.29. The van der Waals surface area contributed by atoms with E-state index >= 15 is 0 Å². The first-order chi connectivity index (χ1) is 9.28. The fourth-order valence-corrected chi connectivity index (χ4v) is 2.10. The van der Waals surface area contributed by atoms with Gasteiger partial charge >= 0.3 is 0 Å². The van der Waals surface area contributed by atoms with Gasteiger partial charge in [0.15, 0.2) is 0 Å². The van der Waals surface area contributed by atoms with Crippen LogP contribution in [0, 0.1) is 6.92 Å². The normalized spacial score (nSPS) is 10.8. The van der Waals surface area contributed by atoms with Crippen LogP contribution in [0.2, 0.25) is 0 Å². The zero-order valence-corrected chi connectivity index (χ0v) is 11.0. The van der Waals surface area contributed by atoms with E-state index in [1.807, 2.05) is 43.3 Å². The van der Waals surface area contributed by atoms with Crippen molar-refractivity contribution < 1.29 is 8.83 Å². The maximum absolute atomic E-state index is 5.69. The van der Waals surface area contributed by atoms with Crippen LogP contribution >= 0.6 is 0 Å². The molecule has 0 spiro atoms. The lowest BCUT2D eigenvalue weighted by Crippen LogP contribution is -1.83. The van der Waals surface area contributed by atoms with Crippen LogP contribution in [-0.4, -0.2) is 4.98 Å². The van der Waals surface area contributed by atoms with Crippen LogP contribution in [0.25, 0.3) is 22.8 Å². The van der Waals surface area contributed by atoms with E-state index in [9.17, 15) is 0 Å². The molecule has 3 nitrogen and oxygen atoms in total. The topological polar surface area (TPSA) is 39.2 Å². The smallest absolute Gasteiger partial charge is 0.226 e. The van der Waals surface area contributed by atoms with Gasteiger partial charge < -0.3 is 8.83 Å². The maximum atomic E-state index is 5.69. The van der Waals surface area contributed by atoms with E-state index in [2.05, 4.69) is 11.9 Å². The van der Waals surface area contributed by atoms with Gasteiger partial charge in [0.25, 0.3) is 0 Å². The number of hydrogen-bond donors (Lipinski definition) is 0. The molecular weight excluding hydrogens is 238 g/mol. The predicted octanol–water partition coefficient (Wildman–Crippen LogP) is 4.47. The van der Waals surface area contributed by atoms with Crippen molar-refractivity contribution in [2.75, 3.05) is 0 Å². The highest BCUT2D eigenvalue weighted by Crippen LogP contribution is 2.26. The van der Waals surface area contributed by atoms with Crippen molar-refractivity contribution in [2.45, 2.75) is 20.3 Å². The molecule has 1 aromatic carbocycles. The molecule has 0 unspecified atom stereocenters. The molecule has 0 radical (unpaired) electrons. The first kappa shape index (κ1) is 11.8. The van der Waals surface area contributed by atoms with E-state index in [0.717, 1.165) is 34.8 Å². The molecule has 2 heterocycles. The Labute approximate surface area is 111 Å². The summed E-state index contributed by atoms with van der Waals surface area (Å²) in [5.74, 6) is 2.44. The van der Waals surface area contributed by atoms with E-state index in [1.165, 1.54) is 0 Å². The van der Waals surface area contributed by atoms with Crippen LogP contribution in [0.5, 0.6) is 0 Å². The molecule has 96 valence electrons. The van der Waals surface area contributed by atoms with E-state index in [-0.39, 0.29) is 0 Å². The van der Waals surface area contributed by atoms with E-state index < -0.39 is 0 Å². The standard InChI is InChI=1S/C16H15NO2/c1-3-14-11(2)19-16(17-14)13-8-6-12(7-9-13)15-5-4-10-18-15/h4-10H,3H2,1-2H3. The number of benzene rings is 1. The van der Waals surface area contributed by atoms with Crippen molar-refractivity contribution >= 4 is 0 Å². The summed E-state index contributed by atoms with van der Waals surface area (Å²) in [6, 6.07) is 11.9.